The molecule has 20 heavy (non-hydrogen) atoms. The Kier molecular flexibility index (Phi) is 7.54. The number of hydrogen-bond acceptors (Lipinski definition) is 4. The van der Waals surface area contributed by atoms with Gasteiger partial charge in [0.25, 0.3) is 0 Å². The maximum Gasteiger partial charge on any atom is 0.317 e. The Balaban J connectivity index is 2.22. The molecule has 6 heteroatoms. The Morgan fingerprint density at radius 3 is 2.80 bits per heavy atom. The molecule has 6 nitrogen and oxygen atoms in total. The van der Waals surface area contributed by atoms with E-state index >= 15 is 0 Å². The van der Waals surface area contributed by atoms with Crippen molar-refractivity contribution >= 4 is 11.9 Å². The van der Waals surface area contributed by atoms with Gasteiger partial charge in [-0.25, -0.2) is 0 Å². The van der Waals surface area contributed by atoms with Crippen molar-refractivity contribution in [1.82, 2.24) is 15.5 Å². The van der Waals surface area contributed by atoms with Crippen LogP contribution in [-0.2, 0) is 9.59 Å². The van der Waals surface area contributed by atoms with Gasteiger partial charge in [-0.1, -0.05) is 13.8 Å². The van der Waals surface area contributed by atoms with E-state index in [0.717, 1.165) is 32.5 Å². The van der Waals surface area contributed by atoms with Crippen LogP contribution in [0.2, 0.25) is 0 Å². The molecule has 0 aromatic carbocycles. The molecule has 0 aromatic heterocycles. The first-order valence-electron chi connectivity index (χ1n) is 7.39. The van der Waals surface area contributed by atoms with E-state index in [0.29, 0.717) is 24.9 Å². The van der Waals surface area contributed by atoms with Gasteiger partial charge in [-0.2, -0.15) is 0 Å². The molecule has 0 radical (unpaired) electrons. The largest absolute Gasteiger partial charge is 0.480 e. The van der Waals surface area contributed by atoms with Crippen molar-refractivity contribution < 1.29 is 14.7 Å². The second-order valence-corrected chi connectivity index (χ2v) is 5.97. The van der Waals surface area contributed by atoms with Crippen LogP contribution >= 0.6 is 0 Å². The summed E-state index contributed by atoms with van der Waals surface area (Å²) in [6, 6.07) is 0. The predicted molar refractivity (Wildman–Crippen MR) is 77.5 cm³/mol. The zero-order valence-electron chi connectivity index (χ0n) is 12.5. The van der Waals surface area contributed by atoms with Crippen LogP contribution in [0.25, 0.3) is 0 Å². The number of nitrogens with zero attached hydrogens (tertiary/aromatic N) is 1. The Morgan fingerprint density at radius 2 is 2.15 bits per heavy atom. The summed E-state index contributed by atoms with van der Waals surface area (Å²) in [5, 5.41) is 14.5. The zero-order chi connectivity index (χ0) is 15.0. The first-order chi connectivity index (χ1) is 9.47. The van der Waals surface area contributed by atoms with E-state index in [1.807, 2.05) is 0 Å². The Labute approximate surface area is 120 Å². The average molecular weight is 285 g/mol. The zero-order valence-corrected chi connectivity index (χ0v) is 12.5. The molecule has 1 aliphatic heterocycles. The number of carboxylic acids is 1. The maximum atomic E-state index is 11.8. The molecule has 1 saturated heterocycles. The van der Waals surface area contributed by atoms with Crippen LogP contribution in [0.4, 0.5) is 0 Å². The highest BCUT2D eigenvalue weighted by molar-refractivity contribution is 5.78. The van der Waals surface area contributed by atoms with Crippen molar-refractivity contribution in [2.24, 2.45) is 11.8 Å². The number of piperidine rings is 1. The van der Waals surface area contributed by atoms with E-state index in [9.17, 15) is 9.59 Å². The summed E-state index contributed by atoms with van der Waals surface area (Å²) in [7, 11) is 0. The summed E-state index contributed by atoms with van der Waals surface area (Å²) in [5.41, 5.74) is 0. The third-order valence-corrected chi connectivity index (χ3v) is 3.39. The molecule has 1 atom stereocenters. The second kappa shape index (κ2) is 8.92. The van der Waals surface area contributed by atoms with Gasteiger partial charge in [0.05, 0.1) is 13.1 Å². The van der Waals surface area contributed by atoms with E-state index in [-0.39, 0.29) is 12.5 Å². The molecular weight excluding hydrogens is 258 g/mol. The standard InChI is InChI=1S/C14H27N3O3/c1-11(2)6-16-13(18)10-17-5-3-4-12(9-17)7-15-8-14(19)20/h11-12,15H,3-10H2,1-2H3,(H,16,18)(H,19,20). The number of rotatable bonds is 8. The summed E-state index contributed by atoms with van der Waals surface area (Å²) >= 11 is 0. The topological polar surface area (TPSA) is 81.7 Å². The van der Waals surface area contributed by atoms with Gasteiger partial charge in [0.15, 0.2) is 0 Å². The van der Waals surface area contributed by atoms with Gasteiger partial charge < -0.3 is 15.7 Å². The van der Waals surface area contributed by atoms with Crippen molar-refractivity contribution in [3.63, 3.8) is 0 Å². The number of amides is 1. The average Bonchev–Trinajstić information content (AvgIpc) is 2.36. The van der Waals surface area contributed by atoms with Gasteiger partial charge in [0.1, 0.15) is 0 Å². The molecule has 0 aliphatic carbocycles. The Hall–Kier alpha value is -1.14. The third kappa shape index (κ3) is 7.45. The molecule has 3 N–H and O–H groups in total. The lowest BCUT2D eigenvalue weighted by atomic mass is 9.98. The van der Waals surface area contributed by atoms with E-state index in [1.165, 1.54) is 0 Å². The maximum absolute atomic E-state index is 11.8. The van der Waals surface area contributed by atoms with Gasteiger partial charge in [-0.15, -0.1) is 0 Å². The molecular formula is C14H27N3O3. The molecule has 0 saturated carbocycles. The van der Waals surface area contributed by atoms with Gasteiger partial charge >= 0.3 is 5.97 Å². The fourth-order valence-electron chi connectivity index (χ4n) is 2.42. The van der Waals surface area contributed by atoms with E-state index < -0.39 is 5.97 Å². The van der Waals surface area contributed by atoms with Gasteiger partial charge in [0.2, 0.25) is 5.91 Å². The Morgan fingerprint density at radius 1 is 1.40 bits per heavy atom. The highest BCUT2D eigenvalue weighted by Crippen LogP contribution is 2.15. The first-order valence-corrected chi connectivity index (χ1v) is 7.39. The van der Waals surface area contributed by atoms with Crippen molar-refractivity contribution in [2.75, 3.05) is 39.3 Å². The third-order valence-electron chi connectivity index (χ3n) is 3.39. The van der Waals surface area contributed by atoms with Crippen molar-refractivity contribution in [3.05, 3.63) is 0 Å². The van der Waals surface area contributed by atoms with Crippen LogP contribution in [0.5, 0.6) is 0 Å². The minimum absolute atomic E-state index is 0.00533. The first kappa shape index (κ1) is 16.9. The SMILES string of the molecule is CC(C)CNC(=O)CN1CCCC(CNCC(=O)O)C1. The monoisotopic (exact) mass is 285 g/mol. The molecule has 1 amide bonds. The lowest BCUT2D eigenvalue weighted by Gasteiger charge is -2.32. The number of nitrogens with one attached hydrogen (secondary N) is 2. The van der Waals surface area contributed by atoms with Gasteiger partial charge in [-0.3, -0.25) is 14.5 Å². The normalized spacial score (nSPS) is 20.1. The fraction of sp³-hybridized carbons (Fsp3) is 0.857. The van der Waals surface area contributed by atoms with E-state index in [2.05, 4.69) is 29.4 Å². The second-order valence-electron chi connectivity index (χ2n) is 5.97. The quantitative estimate of drug-likeness (QED) is 0.591. The smallest absolute Gasteiger partial charge is 0.317 e. The lowest BCUT2D eigenvalue weighted by molar-refractivity contribution is -0.136. The highest BCUT2D eigenvalue weighted by Gasteiger charge is 2.21. The number of aliphatic carboxylic acids is 1. The lowest BCUT2D eigenvalue weighted by Crippen LogP contribution is -2.45. The summed E-state index contributed by atoms with van der Waals surface area (Å²) in [6.07, 6.45) is 2.16. The molecule has 116 valence electrons. The molecule has 1 unspecified atom stereocenters. The van der Waals surface area contributed by atoms with Gasteiger partial charge in [-0.05, 0) is 37.8 Å². The highest BCUT2D eigenvalue weighted by atomic mass is 16.4. The number of carbonyl (C=O) groups is 2. The molecule has 0 aromatic rings. The summed E-state index contributed by atoms with van der Waals surface area (Å²) in [4.78, 5) is 24.4. The summed E-state index contributed by atoms with van der Waals surface area (Å²) < 4.78 is 0. The van der Waals surface area contributed by atoms with Crippen LogP contribution in [0.3, 0.4) is 0 Å². The molecule has 1 rings (SSSR count). The van der Waals surface area contributed by atoms with Crippen LogP contribution in [-0.4, -0.2) is 61.2 Å². The van der Waals surface area contributed by atoms with Crippen LogP contribution in [0, 0.1) is 11.8 Å². The van der Waals surface area contributed by atoms with E-state index in [4.69, 9.17) is 5.11 Å². The van der Waals surface area contributed by atoms with Crippen LogP contribution < -0.4 is 10.6 Å². The molecule has 1 heterocycles. The number of likely N-dealkylation sites (tertiary alicyclic amines) is 1. The fourth-order valence-corrected chi connectivity index (χ4v) is 2.42. The minimum Gasteiger partial charge on any atom is -0.480 e. The predicted octanol–water partition coefficient (Wildman–Crippen LogP) is 0.145. The molecule has 1 aliphatic rings. The molecule has 0 bridgehead atoms. The minimum atomic E-state index is -0.828. The van der Waals surface area contributed by atoms with Crippen molar-refractivity contribution in [2.45, 2.75) is 26.7 Å². The van der Waals surface area contributed by atoms with Gasteiger partial charge in [0, 0.05) is 13.1 Å². The number of hydrogen-bond donors (Lipinski definition) is 3. The number of carboxylic acid groups (broad SMARTS) is 1. The van der Waals surface area contributed by atoms with Crippen LogP contribution in [0.1, 0.15) is 26.7 Å². The van der Waals surface area contributed by atoms with Crippen molar-refractivity contribution in [3.8, 4) is 0 Å². The van der Waals surface area contributed by atoms with E-state index in [1.54, 1.807) is 0 Å². The Bertz CT molecular complexity index is 321. The molecule has 1 fully saturated rings. The number of carbonyl (C=O) groups excluding carboxylic acids is 1. The van der Waals surface area contributed by atoms with Crippen molar-refractivity contribution in [1.29, 1.82) is 0 Å². The van der Waals surface area contributed by atoms with Crippen LogP contribution in [0.15, 0.2) is 0 Å². The molecule has 0 spiro atoms. The summed E-state index contributed by atoms with van der Waals surface area (Å²) in [6.45, 7) is 7.84. The summed E-state index contributed by atoms with van der Waals surface area (Å²) in [5.74, 6) is 0.151.